The van der Waals surface area contributed by atoms with E-state index < -0.39 is 17.8 Å². The number of carbonyl (C=O) groups is 1. The van der Waals surface area contributed by atoms with Crippen molar-refractivity contribution in [1.82, 2.24) is 4.98 Å². The van der Waals surface area contributed by atoms with Gasteiger partial charge in [0.05, 0.1) is 22.0 Å². The molecule has 2 aromatic heterocycles. The lowest BCUT2D eigenvalue weighted by Crippen LogP contribution is -2.30. The molecule has 5 nitrogen and oxygen atoms in total. The predicted octanol–water partition coefficient (Wildman–Crippen LogP) is 5.04. The molecule has 3 heterocycles. The topological polar surface area (TPSA) is 63.4 Å². The smallest absolute Gasteiger partial charge is 0.296 e. The highest BCUT2D eigenvalue weighted by Gasteiger charge is 2.44. The molecule has 30 heavy (non-hydrogen) atoms. The van der Waals surface area contributed by atoms with Crippen LogP contribution in [0.25, 0.3) is 11.0 Å². The van der Waals surface area contributed by atoms with Crippen molar-refractivity contribution in [2.75, 3.05) is 4.90 Å². The molecular weight excluding hydrogens is 407 g/mol. The van der Waals surface area contributed by atoms with Gasteiger partial charge in [0.15, 0.2) is 5.43 Å². The first-order valence-corrected chi connectivity index (χ1v) is 9.60. The fourth-order valence-corrected chi connectivity index (χ4v) is 3.91. The SMILES string of the molecule is Cc1ccc2oc3c(c(=O)c2c1)C(c1ccc(F)cc1)N(c1ccc(Cl)cn1)C3=O. The summed E-state index contributed by atoms with van der Waals surface area (Å²) in [6.45, 7) is 1.87. The first kappa shape index (κ1) is 18.5. The predicted molar refractivity (Wildman–Crippen MR) is 112 cm³/mol. The van der Waals surface area contributed by atoms with Gasteiger partial charge in [0.1, 0.15) is 17.2 Å². The van der Waals surface area contributed by atoms with Crippen LogP contribution in [0, 0.1) is 12.7 Å². The van der Waals surface area contributed by atoms with Crippen LogP contribution in [-0.4, -0.2) is 10.9 Å². The minimum absolute atomic E-state index is 0.0394. The van der Waals surface area contributed by atoms with Crippen molar-refractivity contribution in [2.24, 2.45) is 0 Å². The zero-order chi connectivity index (χ0) is 21.0. The molecule has 4 aromatic rings. The summed E-state index contributed by atoms with van der Waals surface area (Å²) in [5.74, 6) is -0.637. The van der Waals surface area contributed by atoms with E-state index in [1.54, 1.807) is 36.4 Å². The average Bonchev–Trinajstić information content (AvgIpc) is 3.03. The second kappa shape index (κ2) is 6.78. The maximum Gasteiger partial charge on any atom is 0.296 e. The normalized spacial score (nSPS) is 15.6. The largest absolute Gasteiger partial charge is 0.450 e. The average molecular weight is 421 g/mol. The van der Waals surface area contributed by atoms with Crippen LogP contribution >= 0.6 is 11.6 Å². The van der Waals surface area contributed by atoms with Crippen molar-refractivity contribution in [3.05, 3.63) is 104 Å². The fourth-order valence-electron chi connectivity index (χ4n) is 3.79. The number of benzene rings is 2. The molecule has 0 N–H and O–H groups in total. The van der Waals surface area contributed by atoms with Crippen LogP contribution in [0.15, 0.2) is 70.0 Å². The molecule has 2 aromatic carbocycles. The number of rotatable bonds is 2. The monoisotopic (exact) mass is 420 g/mol. The first-order chi connectivity index (χ1) is 14.4. The molecular formula is C23H14ClFN2O3. The molecule has 148 valence electrons. The van der Waals surface area contributed by atoms with Crippen molar-refractivity contribution >= 4 is 34.3 Å². The quantitative estimate of drug-likeness (QED) is 0.456. The van der Waals surface area contributed by atoms with Crippen LogP contribution in [0.4, 0.5) is 10.2 Å². The summed E-state index contributed by atoms with van der Waals surface area (Å²) in [6.07, 6.45) is 1.42. The van der Waals surface area contributed by atoms with Gasteiger partial charge in [0.25, 0.3) is 5.91 Å². The van der Waals surface area contributed by atoms with Gasteiger partial charge in [-0.2, -0.15) is 0 Å². The third-order valence-corrected chi connectivity index (χ3v) is 5.39. The van der Waals surface area contributed by atoms with Gasteiger partial charge in [-0.25, -0.2) is 9.37 Å². The zero-order valence-corrected chi connectivity index (χ0v) is 16.5. The Bertz CT molecular complexity index is 1360. The minimum atomic E-state index is -0.803. The van der Waals surface area contributed by atoms with Gasteiger partial charge in [-0.05, 0) is 48.9 Å². The Hall–Kier alpha value is -3.51. The van der Waals surface area contributed by atoms with Crippen LogP contribution in [0.3, 0.4) is 0 Å². The molecule has 0 spiro atoms. The number of anilines is 1. The molecule has 0 saturated carbocycles. The summed E-state index contributed by atoms with van der Waals surface area (Å²) < 4.78 is 19.4. The van der Waals surface area contributed by atoms with E-state index in [2.05, 4.69) is 4.98 Å². The minimum Gasteiger partial charge on any atom is -0.450 e. The highest BCUT2D eigenvalue weighted by molar-refractivity contribution is 6.30. The van der Waals surface area contributed by atoms with Crippen LogP contribution in [0.1, 0.15) is 33.3 Å². The molecule has 0 aliphatic carbocycles. The van der Waals surface area contributed by atoms with Gasteiger partial charge in [0.2, 0.25) is 5.76 Å². The maximum atomic E-state index is 13.6. The van der Waals surface area contributed by atoms with Crippen molar-refractivity contribution in [1.29, 1.82) is 0 Å². The van der Waals surface area contributed by atoms with Crippen LogP contribution in [0.2, 0.25) is 5.02 Å². The lowest BCUT2D eigenvalue weighted by Gasteiger charge is -2.24. The van der Waals surface area contributed by atoms with E-state index in [0.717, 1.165) is 5.56 Å². The number of fused-ring (bicyclic) bond motifs is 2. The molecule has 1 amide bonds. The molecule has 0 saturated heterocycles. The van der Waals surface area contributed by atoms with E-state index in [-0.39, 0.29) is 16.8 Å². The highest BCUT2D eigenvalue weighted by Crippen LogP contribution is 2.40. The Morgan fingerprint density at radius 2 is 1.83 bits per heavy atom. The number of aromatic nitrogens is 1. The van der Waals surface area contributed by atoms with Crippen LogP contribution < -0.4 is 10.3 Å². The Labute approximate surface area is 175 Å². The van der Waals surface area contributed by atoms with Gasteiger partial charge in [-0.15, -0.1) is 0 Å². The standard InChI is InChI=1S/C23H14ClFN2O3/c1-12-2-8-17-16(10-12)21(28)19-20(13-3-6-15(25)7-4-13)27(23(29)22(19)30-17)18-9-5-14(24)11-26-18/h2-11,20H,1H3. The number of pyridine rings is 1. The van der Waals surface area contributed by atoms with Crippen molar-refractivity contribution in [3.63, 3.8) is 0 Å². The third kappa shape index (κ3) is 2.80. The van der Waals surface area contributed by atoms with E-state index >= 15 is 0 Å². The fraction of sp³-hybridized carbons (Fsp3) is 0.0870. The van der Waals surface area contributed by atoms with Gasteiger partial charge in [0, 0.05) is 6.20 Å². The second-order valence-corrected chi connectivity index (χ2v) is 7.57. The summed E-state index contributed by atoms with van der Waals surface area (Å²) in [7, 11) is 0. The third-order valence-electron chi connectivity index (χ3n) is 5.17. The Balaban J connectivity index is 1.81. The lowest BCUT2D eigenvalue weighted by atomic mass is 9.98. The Morgan fingerprint density at radius 1 is 1.07 bits per heavy atom. The molecule has 0 fully saturated rings. The van der Waals surface area contributed by atoms with Crippen molar-refractivity contribution in [2.45, 2.75) is 13.0 Å². The Kier molecular flexibility index (Phi) is 4.18. The summed E-state index contributed by atoms with van der Waals surface area (Å²) in [5.41, 5.74) is 1.71. The molecule has 1 unspecified atom stereocenters. The highest BCUT2D eigenvalue weighted by atomic mass is 35.5. The van der Waals surface area contributed by atoms with E-state index in [1.807, 2.05) is 13.0 Å². The second-order valence-electron chi connectivity index (χ2n) is 7.14. The van der Waals surface area contributed by atoms with Gasteiger partial charge in [-0.3, -0.25) is 14.5 Å². The molecule has 0 bridgehead atoms. The molecule has 7 heteroatoms. The van der Waals surface area contributed by atoms with Gasteiger partial charge in [-0.1, -0.05) is 35.4 Å². The molecule has 5 rings (SSSR count). The number of nitrogens with zero attached hydrogens (tertiary/aromatic N) is 2. The summed E-state index contributed by atoms with van der Waals surface area (Å²) in [4.78, 5) is 32.4. The van der Waals surface area contributed by atoms with E-state index in [9.17, 15) is 14.0 Å². The summed E-state index contributed by atoms with van der Waals surface area (Å²) >= 11 is 5.95. The van der Waals surface area contributed by atoms with Crippen LogP contribution in [-0.2, 0) is 0 Å². The zero-order valence-electron chi connectivity index (χ0n) is 15.7. The van der Waals surface area contributed by atoms with E-state index in [0.29, 0.717) is 27.4 Å². The summed E-state index contributed by atoms with van der Waals surface area (Å²) in [6, 6.07) is 13.3. The molecule has 0 radical (unpaired) electrons. The van der Waals surface area contributed by atoms with E-state index in [1.165, 1.54) is 23.2 Å². The van der Waals surface area contributed by atoms with Gasteiger partial charge < -0.3 is 4.42 Å². The lowest BCUT2D eigenvalue weighted by molar-refractivity contribution is 0.0970. The number of hydrogen-bond donors (Lipinski definition) is 0. The number of aryl methyl sites for hydroxylation is 1. The number of halogens is 2. The molecule has 1 aliphatic rings. The van der Waals surface area contributed by atoms with E-state index in [4.69, 9.17) is 16.0 Å². The molecule has 1 aliphatic heterocycles. The Morgan fingerprint density at radius 3 is 2.53 bits per heavy atom. The van der Waals surface area contributed by atoms with Crippen molar-refractivity contribution < 1.29 is 13.6 Å². The molecule has 1 atom stereocenters. The van der Waals surface area contributed by atoms with Crippen molar-refractivity contribution in [3.8, 4) is 0 Å². The van der Waals surface area contributed by atoms with Crippen LogP contribution in [0.5, 0.6) is 0 Å². The number of carbonyl (C=O) groups excluding carboxylic acids is 1. The number of amides is 1. The number of hydrogen-bond acceptors (Lipinski definition) is 4. The summed E-state index contributed by atoms with van der Waals surface area (Å²) in [5, 5.41) is 0.802. The first-order valence-electron chi connectivity index (χ1n) is 9.22. The van der Waals surface area contributed by atoms with Gasteiger partial charge >= 0.3 is 0 Å². The maximum absolute atomic E-state index is 13.6.